The van der Waals surface area contributed by atoms with E-state index in [1.54, 1.807) is 0 Å². The van der Waals surface area contributed by atoms with Gasteiger partial charge in [0, 0.05) is 6.61 Å². The fourth-order valence-electron chi connectivity index (χ4n) is 3.07. The van der Waals surface area contributed by atoms with Crippen LogP contribution in [0, 0.1) is 5.92 Å². The lowest BCUT2D eigenvalue weighted by molar-refractivity contribution is 0.0629. The summed E-state index contributed by atoms with van der Waals surface area (Å²) in [5.41, 5.74) is 0.361. The van der Waals surface area contributed by atoms with Gasteiger partial charge in [-0.25, -0.2) is 13.1 Å². The van der Waals surface area contributed by atoms with Crippen LogP contribution in [-0.4, -0.2) is 26.7 Å². The van der Waals surface area contributed by atoms with Gasteiger partial charge in [0.1, 0.15) is 0 Å². The minimum Gasteiger partial charge on any atom is -0.376 e. The molecule has 0 unspecified atom stereocenters. The van der Waals surface area contributed by atoms with Crippen molar-refractivity contribution in [2.45, 2.75) is 43.6 Å². The number of sulfonamides is 1. The van der Waals surface area contributed by atoms with Crippen molar-refractivity contribution in [3.63, 3.8) is 0 Å². The van der Waals surface area contributed by atoms with Crippen LogP contribution in [0.4, 0.5) is 0 Å². The molecule has 3 rings (SSSR count). The van der Waals surface area contributed by atoms with Crippen molar-refractivity contribution in [3.8, 4) is 0 Å². The maximum atomic E-state index is 12.4. The Hall–Kier alpha value is -0.910. The number of nitrogens with one attached hydrogen (secondary N) is 1. The second-order valence-electron chi connectivity index (χ2n) is 6.14. The Balaban J connectivity index is 1.72. The minimum atomic E-state index is -3.35. The largest absolute Gasteiger partial charge is 0.376 e. The van der Waals surface area contributed by atoms with Gasteiger partial charge in [0.15, 0.2) is 0 Å². The van der Waals surface area contributed by atoms with E-state index in [4.69, 9.17) is 4.74 Å². The van der Waals surface area contributed by atoms with E-state index in [0.29, 0.717) is 12.5 Å². The maximum absolute atomic E-state index is 12.4. The lowest BCUT2D eigenvalue weighted by Gasteiger charge is -2.31. The second-order valence-corrected chi connectivity index (χ2v) is 7.87. The first-order valence-corrected chi connectivity index (χ1v) is 8.81. The summed E-state index contributed by atoms with van der Waals surface area (Å²) in [6.07, 6.45) is 3.09. The van der Waals surface area contributed by atoms with Crippen LogP contribution in [0.1, 0.15) is 31.7 Å². The summed E-state index contributed by atoms with van der Waals surface area (Å²) >= 11 is 0. The van der Waals surface area contributed by atoms with Crippen molar-refractivity contribution >= 4 is 10.0 Å². The summed E-state index contributed by atoms with van der Waals surface area (Å²) in [4.78, 5) is 0. The van der Waals surface area contributed by atoms with Gasteiger partial charge in [-0.15, -0.1) is 0 Å². The highest BCUT2D eigenvalue weighted by Gasteiger charge is 2.49. The first kappa shape index (κ1) is 14.0. The van der Waals surface area contributed by atoms with E-state index < -0.39 is 15.6 Å². The van der Waals surface area contributed by atoms with Crippen LogP contribution in [0.2, 0.25) is 0 Å². The number of benzene rings is 1. The van der Waals surface area contributed by atoms with Crippen LogP contribution < -0.4 is 4.72 Å². The average Bonchev–Trinajstić information content (AvgIpc) is 3.13. The quantitative estimate of drug-likeness (QED) is 0.904. The molecule has 4 nitrogen and oxygen atoms in total. The van der Waals surface area contributed by atoms with E-state index >= 15 is 0 Å². The SMILES string of the molecule is C[C@]1(NS(=O)(=O)Cc2ccccc2)CCO[C@@H]1C1CC1. The third-order valence-electron chi connectivity index (χ3n) is 4.19. The topological polar surface area (TPSA) is 55.4 Å². The Bertz CT molecular complexity index is 568. The molecule has 1 N–H and O–H groups in total. The number of hydrogen-bond acceptors (Lipinski definition) is 3. The van der Waals surface area contributed by atoms with Crippen molar-refractivity contribution in [2.75, 3.05) is 6.61 Å². The zero-order chi connectivity index (χ0) is 14.2. The van der Waals surface area contributed by atoms with Crippen LogP contribution >= 0.6 is 0 Å². The zero-order valence-corrected chi connectivity index (χ0v) is 12.5. The Morgan fingerprint density at radius 1 is 1.30 bits per heavy atom. The van der Waals surface area contributed by atoms with Gasteiger partial charge in [-0.05, 0) is 37.7 Å². The molecule has 1 aromatic rings. The van der Waals surface area contributed by atoms with Crippen molar-refractivity contribution in [1.29, 1.82) is 0 Å². The first-order valence-electron chi connectivity index (χ1n) is 7.16. The summed E-state index contributed by atoms with van der Waals surface area (Å²) < 4.78 is 33.4. The Kier molecular flexibility index (Phi) is 3.60. The maximum Gasteiger partial charge on any atom is 0.216 e. The van der Waals surface area contributed by atoms with E-state index in [2.05, 4.69) is 4.72 Å². The second kappa shape index (κ2) is 5.13. The van der Waals surface area contributed by atoms with E-state index in [0.717, 1.165) is 24.8 Å². The molecule has 2 aliphatic rings. The van der Waals surface area contributed by atoms with Gasteiger partial charge in [-0.3, -0.25) is 0 Å². The normalized spacial score (nSPS) is 30.6. The highest BCUT2D eigenvalue weighted by molar-refractivity contribution is 7.88. The van der Waals surface area contributed by atoms with Crippen LogP contribution in [0.3, 0.4) is 0 Å². The molecule has 0 spiro atoms. The third-order valence-corrected chi connectivity index (χ3v) is 5.68. The molecule has 0 amide bonds. The number of hydrogen-bond donors (Lipinski definition) is 1. The summed E-state index contributed by atoms with van der Waals surface area (Å²) in [5.74, 6) is 0.558. The van der Waals surface area contributed by atoms with Gasteiger partial charge in [-0.1, -0.05) is 30.3 Å². The van der Waals surface area contributed by atoms with Crippen molar-refractivity contribution in [3.05, 3.63) is 35.9 Å². The van der Waals surface area contributed by atoms with Gasteiger partial charge in [-0.2, -0.15) is 0 Å². The highest BCUT2D eigenvalue weighted by Crippen LogP contribution is 2.43. The number of ether oxygens (including phenoxy) is 1. The molecular weight excluding hydrogens is 274 g/mol. The standard InChI is InChI=1S/C15H21NO3S/c1-15(9-10-19-14(15)13-7-8-13)16-20(17,18)11-12-5-3-2-4-6-12/h2-6,13-14,16H,7-11H2,1H3/t14-,15+/m1/s1. The van der Waals surface area contributed by atoms with E-state index in [-0.39, 0.29) is 11.9 Å². The molecule has 1 heterocycles. The van der Waals surface area contributed by atoms with E-state index in [1.165, 1.54) is 0 Å². The van der Waals surface area contributed by atoms with Gasteiger partial charge >= 0.3 is 0 Å². The summed E-state index contributed by atoms with van der Waals surface area (Å²) in [7, 11) is -3.35. The lowest BCUT2D eigenvalue weighted by atomic mass is 9.92. The fraction of sp³-hybridized carbons (Fsp3) is 0.600. The molecule has 1 aliphatic heterocycles. The van der Waals surface area contributed by atoms with Crippen molar-refractivity contribution in [1.82, 2.24) is 4.72 Å². The van der Waals surface area contributed by atoms with Gasteiger partial charge in [0.25, 0.3) is 0 Å². The molecule has 2 atom stereocenters. The smallest absolute Gasteiger partial charge is 0.216 e. The minimum absolute atomic E-state index is 0.0286. The molecule has 0 aromatic heterocycles. The monoisotopic (exact) mass is 295 g/mol. The van der Waals surface area contributed by atoms with Gasteiger partial charge in [0.05, 0.1) is 17.4 Å². The Morgan fingerprint density at radius 3 is 2.65 bits per heavy atom. The molecule has 1 saturated carbocycles. The van der Waals surface area contributed by atoms with E-state index in [9.17, 15) is 8.42 Å². The molecule has 0 radical (unpaired) electrons. The van der Waals surface area contributed by atoms with Crippen molar-refractivity contribution in [2.24, 2.45) is 5.92 Å². The molecule has 20 heavy (non-hydrogen) atoms. The van der Waals surface area contributed by atoms with Crippen LogP contribution in [0.5, 0.6) is 0 Å². The zero-order valence-electron chi connectivity index (χ0n) is 11.7. The molecule has 0 bridgehead atoms. The predicted octanol–water partition coefficient (Wildman–Crippen LogP) is 2.06. The molecule has 1 aromatic carbocycles. The van der Waals surface area contributed by atoms with Gasteiger partial charge < -0.3 is 4.74 Å². The van der Waals surface area contributed by atoms with E-state index in [1.807, 2.05) is 37.3 Å². The average molecular weight is 295 g/mol. The summed E-state index contributed by atoms with van der Waals surface area (Å²) in [6.45, 7) is 2.62. The Morgan fingerprint density at radius 2 is 2.00 bits per heavy atom. The highest BCUT2D eigenvalue weighted by atomic mass is 32.2. The number of rotatable bonds is 5. The van der Waals surface area contributed by atoms with Crippen LogP contribution in [0.25, 0.3) is 0 Å². The molecule has 110 valence electrons. The molecular formula is C15H21NO3S. The third kappa shape index (κ3) is 3.05. The Labute approximate surface area is 120 Å². The molecule has 1 aliphatic carbocycles. The lowest BCUT2D eigenvalue weighted by Crippen LogP contribution is -2.52. The fourth-order valence-corrected chi connectivity index (χ4v) is 4.71. The molecule has 5 heteroatoms. The van der Waals surface area contributed by atoms with Crippen LogP contribution in [-0.2, 0) is 20.5 Å². The first-order chi connectivity index (χ1) is 9.49. The van der Waals surface area contributed by atoms with Crippen LogP contribution in [0.15, 0.2) is 30.3 Å². The summed E-state index contributed by atoms with van der Waals surface area (Å²) in [6, 6.07) is 9.28. The summed E-state index contributed by atoms with van der Waals surface area (Å²) in [5, 5.41) is 0. The van der Waals surface area contributed by atoms with Gasteiger partial charge in [0.2, 0.25) is 10.0 Å². The molecule has 2 fully saturated rings. The predicted molar refractivity (Wildman–Crippen MR) is 77.7 cm³/mol. The van der Waals surface area contributed by atoms with Crippen molar-refractivity contribution < 1.29 is 13.2 Å². The molecule has 1 saturated heterocycles.